The minimum atomic E-state index is -0.250. The van der Waals surface area contributed by atoms with Gasteiger partial charge in [0.2, 0.25) is 5.91 Å². The molecule has 2 aromatic heterocycles. The van der Waals surface area contributed by atoms with Crippen LogP contribution < -0.4 is 0 Å². The second kappa shape index (κ2) is 6.80. The lowest BCUT2D eigenvalue weighted by molar-refractivity contribution is -0.142. The van der Waals surface area contributed by atoms with E-state index in [0.717, 1.165) is 13.1 Å². The van der Waals surface area contributed by atoms with E-state index in [1.807, 2.05) is 25.2 Å². The Morgan fingerprint density at radius 3 is 2.58 bits per heavy atom. The molecule has 0 aliphatic carbocycles. The average Bonchev–Trinajstić information content (AvgIpc) is 2.71. The Morgan fingerprint density at radius 2 is 1.85 bits per heavy atom. The third-order valence-corrected chi connectivity index (χ3v) is 4.96. The highest BCUT2D eigenvalue weighted by Crippen LogP contribution is 2.18. The van der Waals surface area contributed by atoms with Gasteiger partial charge in [-0.2, -0.15) is 0 Å². The van der Waals surface area contributed by atoms with Crippen LogP contribution in [0.5, 0.6) is 0 Å². The summed E-state index contributed by atoms with van der Waals surface area (Å²) >= 11 is 0. The van der Waals surface area contributed by atoms with E-state index in [1.165, 1.54) is 12.4 Å². The molecule has 0 unspecified atom stereocenters. The minimum absolute atomic E-state index is 0.0792. The molecule has 2 aromatic rings. The fraction of sp³-hybridized carbons (Fsp3) is 0.389. The zero-order valence-corrected chi connectivity index (χ0v) is 14.6. The minimum Gasteiger partial charge on any atom is -0.343 e. The third kappa shape index (κ3) is 3.03. The fourth-order valence-corrected chi connectivity index (χ4v) is 3.40. The summed E-state index contributed by atoms with van der Waals surface area (Å²) in [6.45, 7) is 3.32. The van der Waals surface area contributed by atoms with Gasteiger partial charge in [0, 0.05) is 58.4 Å². The maximum absolute atomic E-state index is 12.8. The summed E-state index contributed by atoms with van der Waals surface area (Å²) in [5.41, 5.74) is 1.09. The van der Waals surface area contributed by atoms with Crippen molar-refractivity contribution in [3.8, 4) is 11.5 Å². The number of hydrogen-bond acceptors (Lipinski definition) is 6. The first-order chi connectivity index (χ1) is 12.6. The zero-order valence-electron chi connectivity index (χ0n) is 14.6. The van der Waals surface area contributed by atoms with Crippen molar-refractivity contribution in [1.29, 1.82) is 0 Å². The molecule has 2 amide bonds. The van der Waals surface area contributed by atoms with Crippen molar-refractivity contribution >= 4 is 11.8 Å². The molecule has 2 aliphatic rings. The van der Waals surface area contributed by atoms with E-state index in [4.69, 9.17) is 0 Å². The summed E-state index contributed by atoms with van der Waals surface area (Å²) in [7, 11) is 1.81. The largest absolute Gasteiger partial charge is 0.343 e. The van der Waals surface area contributed by atoms with E-state index >= 15 is 0 Å². The number of hydrogen-bond donors (Lipinski definition) is 0. The highest BCUT2D eigenvalue weighted by atomic mass is 16.2. The van der Waals surface area contributed by atoms with Crippen molar-refractivity contribution in [1.82, 2.24) is 29.7 Å². The smallest absolute Gasteiger partial charge is 0.257 e. The lowest BCUT2D eigenvalue weighted by Crippen LogP contribution is -2.64. The zero-order chi connectivity index (χ0) is 18.1. The summed E-state index contributed by atoms with van der Waals surface area (Å²) in [6.07, 6.45) is 4.73. The molecule has 8 heteroatoms. The molecule has 2 saturated heterocycles. The number of pyridine rings is 1. The molecule has 0 N–H and O–H groups in total. The third-order valence-electron chi connectivity index (χ3n) is 4.96. The van der Waals surface area contributed by atoms with Gasteiger partial charge in [-0.15, -0.1) is 0 Å². The highest BCUT2D eigenvalue weighted by molar-refractivity contribution is 5.94. The molecule has 4 heterocycles. The molecule has 2 fully saturated rings. The van der Waals surface area contributed by atoms with Gasteiger partial charge >= 0.3 is 0 Å². The van der Waals surface area contributed by atoms with Crippen LogP contribution in [-0.4, -0.2) is 87.3 Å². The Balaban J connectivity index is 1.48. The second-order valence-electron chi connectivity index (χ2n) is 6.57. The van der Waals surface area contributed by atoms with Crippen LogP contribution in [0.1, 0.15) is 10.4 Å². The Morgan fingerprint density at radius 1 is 1.08 bits per heavy atom. The maximum atomic E-state index is 12.8. The van der Waals surface area contributed by atoms with Crippen molar-refractivity contribution in [3.05, 3.63) is 42.4 Å². The number of amides is 2. The van der Waals surface area contributed by atoms with E-state index in [9.17, 15) is 9.59 Å². The number of carbonyl (C=O) groups is 2. The monoisotopic (exact) mass is 352 g/mol. The molecule has 8 nitrogen and oxygen atoms in total. The Hall–Kier alpha value is -2.87. The van der Waals surface area contributed by atoms with E-state index < -0.39 is 0 Å². The maximum Gasteiger partial charge on any atom is 0.257 e. The number of piperazine rings is 2. The van der Waals surface area contributed by atoms with Crippen molar-refractivity contribution < 1.29 is 9.59 Å². The van der Waals surface area contributed by atoms with Gasteiger partial charge in [-0.05, 0) is 12.1 Å². The van der Waals surface area contributed by atoms with E-state index in [0.29, 0.717) is 36.7 Å². The SMILES string of the molecule is CN1CCN2CCN(C(=O)c3cnc(-c4ccccn4)nc3)C[C@H]2C1=O. The normalized spacial score (nSPS) is 20.8. The molecule has 4 rings (SSSR count). The van der Waals surface area contributed by atoms with E-state index in [2.05, 4.69) is 19.9 Å². The van der Waals surface area contributed by atoms with Crippen LogP contribution in [0.2, 0.25) is 0 Å². The number of fused-ring (bicyclic) bond motifs is 1. The van der Waals surface area contributed by atoms with Gasteiger partial charge in [0.25, 0.3) is 5.91 Å². The van der Waals surface area contributed by atoms with Gasteiger partial charge in [-0.3, -0.25) is 19.5 Å². The summed E-state index contributed by atoms with van der Waals surface area (Å²) in [5, 5.41) is 0. The van der Waals surface area contributed by atoms with E-state index in [1.54, 1.807) is 16.0 Å². The lowest BCUT2D eigenvalue weighted by Gasteiger charge is -2.45. The highest BCUT2D eigenvalue weighted by Gasteiger charge is 2.38. The second-order valence-corrected chi connectivity index (χ2v) is 6.57. The van der Waals surface area contributed by atoms with Crippen LogP contribution in [-0.2, 0) is 4.79 Å². The first-order valence-electron chi connectivity index (χ1n) is 8.65. The molecular formula is C18H20N6O2. The summed E-state index contributed by atoms with van der Waals surface area (Å²) < 4.78 is 0. The van der Waals surface area contributed by atoms with Crippen LogP contribution in [0.4, 0.5) is 0 Å². The van der Waals surface area contributed by atoms with Crippen molar-refractivity contribution in [2.75, 3.05) is 39.8 Å². The number of rotatable bonds is 2. The Kier molecular flexibility index (Phi) is 4.34. The number of aromatic nitrogens is 3. The Bertz CT molecular complexity index is 810. The van der Waals surface area contributed by atoms with Gasteiger partial charge in [0.1, 0.15) is 11.7 Å². The van der Waals surface area contributed by atoms with Crippen LogP contribution in [0.3, 0.4) is 0 Å². The first-order valence-corrected chi connectivity index (χ1v) is 8.65. The van der Waals surface area contributed by atoms with Gasteiger partial charge in [-0.25, -0.2) is 9.97 Å². The predicted octanol–water partition coefficient (Wildman–Crippen LogP) is 0.137. The van der Waals surface area contributed by atoms with Crippen LogP contribution in [0.25, 0.3) is 11.5 Å². The van der Waals surface area contributed by atoms with Crippen LogP contribution >= 0.6 is 0 Å². The number of carbonyl (C=O) groups excluding carboxylic acids is 2. The number of likely N-dealkylation sites (N-methyl/N-ethyl adjacent to an activating group) is 1. The Labute approximate surface area is 151 Å². The summed E-state index contributed by atoms with van der Waals surface area (Å²) in [4.78, 5) is 43.5. The van der Waals surface area contributed by atoms with Crippen molar-refractivity contribution in [3.63, 3.8) is 0 Å². The van der Waals surface area contributed by atoms with Gasteiger partial charge < -0.3 is 9.80 Å². The van der Waals surface area contributed by atoms with Gasteiger partial charge in [-0.1, -0.05) is 6.07 Å². The average molecular weight is 352 g/mol. The quantitative estimate of drug-likeness (QED) is 0.764. The standard InChI is InChI=1S/C18H20N6O2/c1-22-6-7-23-8-9-24(12-15(23)18(22)26)17(25)13-10-20-16(21-11-13)14-4-2-3-5-19-14/h2-5,10-11,15H,6-9,12H2,1H3/t15-/m0/s1. The predicted molar refractivity (Wildman–Crippen MR) is 94.2 cm³/mol. The molecule has 0 saturated carbocycles. The topological polar surface area (TPSA) is 82.5 Å². The molecule has 0 radical (unpaired) electrons. The molecule has 2 aliphatic heterocycles. The number of nitrogens with zero attached hydrogens (tertiary/aromatic N) is 6. The lowest BCUT2D eigenvalue weighted by atomic mass is 10.1. The van der Waals surface area contributed by atoms with Crippen molar-refractivity contribution in [2.45, 2.75) is 6.04 Å². The molecular weight excluding hydrogens is 332 g/mol. The first kappa shape index (κ1) is 16.6. The molecule has 134 valence electrons. The molecule has 0 aromatic carbocycles. The fourth-order valence-electron chi connectivity index (χ4n) is 3.40. The molecule has 0 spiro atoms. The molecule has 26 heavy (non-hydrogen) atoms. The summed E-state index contributed by atoms with van der Waals surface area (Å²) in [5.74, 6) is 0.421. The molecule has 0 bridgehead atoms. The van der Waals surface area contributed by atoms with E-state index in [-0.39, 0.29) is 17.9 Å². The van der Waals surface area contributed by atoms with Crippen molar-refractivity contribution in [2.24, 2.45) is 0 Å². The van der Waals surface area contributed by atoms with Gasteiger partial charge in [0.15, 0.2) is 5.82 Å². The molecule has 1 atom stereocenters. The summed E-state index contributed by atoms with van der Waals surface area (Å²) in [6, 6.07) is 5.26. The van der Waals surface area contributed by atoms with Crippen LogP contribution in [0, 0.1) is 0 Å². The van der Waals surface area contributed by atoms with Gasteiger partial charge in [0.05, 0.1) is 5.56 Å². The van der Waals surface area contributed by atoms with Crippen LogP contribution in [0.15, 0.2) is 36.8 Å².